The molecule has 0 spiro atoms. The molecule has 0 fully saturated rings. The number of nitrogens with zero attached hydrogens (tertiary/aromatic N) is 2. The molecule has 0 aliphatic heterocycles. The molecule has 2 atom stereocenters. The Morgan fingerprint density at radius 3 is 2.36 bits per heavy atom. The minimum absolute atomic E-state index is 0.0926. The summed E-state index contributed by atoms with van der Waals surface area (Å²) in [6.07, 6.45) is -1.11. The smallest absolute Gasteiger partial charge is 0.325 e. The Bertz CT molecular complexity index is 1120. The van der Waals surface area contributed by atoms with Gasteiger partial charge in [-0.25, -0.2) is 8.42 Å². The number of halogens is 1. The summed E-state index contributed by atoms with van der Waals surface area (Å²) in [5, 5.41) is 9.17. The van der Waals surface area contributed by atoms with Gasteiger partial charge in [-0.3, -0.25) is 9.59 Å². The van der Waals surface area contributed by atoms with Gasteiger partial charge in [0.25, 0.3) is 5.91 Å². The molecule has 8 nitrogen and oxygen atoms in total. The monoisotopic (exact) mass is 491 g/mol. The molecule has 10 heteroatoms. The van der Waals surface area contributed by atoms with Crippen molar-refractivity contribution in [2.75, 3.05) is 11.4 Å². The Balaban J connectivity index is 2.18. The molecule has 0 saturated heterocycles. The van der Waals surface area contributed by atoms with Gasteiger partial charge in [-0.05, 0) is 43.2 Å². The lowest BCUT2D eigenvalue weighted by atomic mass is 10.1. The molecule has 2 unspecified atom stereocenters. The van der Waals surface area contributed by atoms with Crippen LogP contribution in [0.25, 0.3) is 0 Å². The first kappa shape index (κ1) is 26.3. The highest BCUT2D eigenvalue weighted by molar-refractivity contribution is 7.89. The van der Waals surface area contributed by atoms with Gasteiger partial charge in [-0.15, -0.1) is 0 Å². The lowest BCUT2D eigenvalue weighted by Gasteiger charge is -2.27. The normalized spacial score (nSPS) is 13.1. The molecule has 176 valence electrons. The third-order valence-electron chi connectivity index (χ3n) is 4.73. The lowest BCUT2D eigenvalue weighted by molar-refractivity contribution is -0.156. The second kappa shape index (κ2) is 11.8. The average molecular weight is 492 g/mol. The van der Waals surface area contributed by atoms with Crippen LogP contribution in [0, 0.1) is 17.2 Å². The molecule has 1 amide bonds. The summed E-state index contributed by atoms with van der Waals surface area (Å²) in [4.78, 5) is 27.1. The van der Waals surface area contributed by atoms with E-state index >= 15 is 0 Å². The van der Waals surface area contributed by atoms with E-state index in [1.807, 2.05) is 6.07 Å². The second-order valence-corrected chi connectivity index (χ2v) is 9.76. The standard InChI is InChI=1S/C23H26ClN3O5S/c1-16(2)21(26-33(30,31)20-12-7-9-18(24)15-20)23(29)32-17(3)22(28)27(14-8-13-25)19-10-5-4-6-11-19/h4-7,9-12,15-17,21,26H,8,14H2,1-3H3. The van der Waals surface area contributed by atoms with Crippen LogP contribution in [0.15, 0.2) is 59.5 Å². The maximum atomic E-state index is 13.0. The zero-order valence-electron chi connectivity index (χ0n) is 18.6. The van der Waals surface area contributed by atoms with Crippen molar-refractivity contribution in [2.45, 2.75) is 44.2 Å². The summed E-state index contributed by atoms with van der Waals surface area (Å²) in [6, 6.07) is 15.1. The highest BCUT2D eigenvalue weighted by atomic mass is 35.5. The number of sulfonamides is 1. The second-order valence-electron chi connectivity index (χ2n) is 7.61. The van der Waals surface area contributed by atoms with Crippen LogP contribution < -0.4 is 9.62 Å². The number of benzene rings is 2. The molecule has 2 aromatic carbocycles. The molecule has 2 rings (SSSR count). The summed E-state index contributed by atoms with van der Waals surface area (Å²) in [6.45, 7) is 4.84. The van der Waals surface area contributed by atoms with Gasteiger partial charge in [0.2, 0.25) is 10.0 Å². The van der Waals surface area contributed by atoms with Crippen molar-refractivity contribution in [3.8, 4) is 6.07 Å². The van der Waals surface area contributed by atoms with E-state index in [0.717, 1.165) is 0 Å². The molecule has 0 saturated carbocycles. The van der Waals surface area contributed by atoms with Crippen LogP contribution in [0.5, 0.6) is 0 Å². The molecule has 2 aromatic rings. The number of hydrogen-bond donors (Lipinski definition) is 1. The molecule has 0 aromatic heterocycles. The summed E-state index contributed by atoms with van der Waals surface area (Å²) in [5.41, 5.74) is 0.558. The molecule has 0 bridgehead atoms. The number of nitriles is 1. The van der Waals surface area contributed by atoms with Gasteiger partial charge in [0.15, 0.2) is 6.10 Å². The minimum Gasteiger partial charge on any atom is -0.451 e. The Kier molecular flexibility index (Phi) is 9.41. The van der Waals surface area contributed by atoms with Crippen molar-refractivity contribution in [1.29, 1.82) is 5.26 Å². The van der Waals surface area contributed by atoms with Gasteiger partial charge in [0, 0.05) is 17.3 Å². The maximum Gasteiger partial charge on any atom is 0.325 e. The van der Waals surface area contributed by atoms with E-state index in [1.165, 1.54) is 36.1 Å². The van der Waals surface area contributed by atoms with Gasteiger partial charge < -0.3 is 9.64 Å². The first-order valence-corrected chi connectivity index (χ1v) is 12.1. The Morgan fingerprint density at radius 1 is 1.12 bits per heavy atom. The maximum absolute atomic E-state index is 13.0. The average Bonchev–Trinajstić information content (AvgIpc) is 2.78. The van der Waals surface area contributed by atoms with Crippen molar-refractivity contribution >= 4 is 39.2 Å². The molecule has 0 aliphatic rings. The fourth-order valence-corrected chi connectivity index (χ4v) is 4.61. The number of para-hydroxylation sites is 1. The molecular formula is C23H26ClN3O5S. The summed E-state index contributed by atoms with van der Waals surface area (Å²) in [5.74, 6) is -1.87. The van der Waals surface area contributed by atoms with Crippen LogP contribution >= 0.6 is 11.6 Å². The van der Waals surface area contributed by atoms with Crippen molar-refractivity contribution < 1.29 is 22.7 Å². The van der Waals surface area contributed by atoms with Gasteiger partial charge in [0.05, 0.1) is 17.4 Å². The zero-order valence-corrected chi connectivity index (χ0v) is 20.1. The number of carbonyl (C=O) groups is 2. The van der Waals surface area contributed by atoms with E-state index < -0.39 is 40.0 Å². The third-order valence-corrected chi connectivity index (χ3v) is 6.40. The number of nitrogens with one attached hydrogen (secondary N) is 1. The van der Waals surface area contributed by atoms with Crippen LogP contribution in [0.3, 0.4) is 0 Å². The van der Waals surface area contributed by atoms with E-state index in [2.05, 4.69) is 4.72 Å². The fourth-order valence-electron chi connectivity index (χ4n) is 2.98. The van der Waals surface area contributed by atoms with Crippen LogP contribution in [-0.2, 0) is 24.3 Å². The Morgan fingerprint density at radius 2 is 1.79 bits per heavy atom. The lowest BCUT2D eigenvalue weighted by Crippen LogP contribution is -2.48. The predicted octanol–water partition coefficient (Wildman–Crippen LogP) is 3.52. The topological polar surface area (TPSA) is 117 Å². The number of esters is 1. The van der Waals surface area contributed by atoms with Crippen molar-refractivity contribution in [3.63, 3.8) is 0 Å². The van der Waals surface area contributed by atoms with E-state index in [1.54, 1.807) is 44.2 Å². The minimum atomic E-state index is -4.07. The zero-order chi connectivity index (χ0) is 24.6. The number of rotatable bonds is 10. The predicted molar refractivity (Wildman–Crippen MR) is 125 cm³/mol. The summed E-state index contributed by atoms with van der Waals surface area (Å²) < 4.78 is 33.2. The van der Waals surface area contributed by atoms with Crippen molar-refractivity contribution in [2.24, 2.45) is 5.92 Å². The number of hydrogen-bond acceptors (Lipinski definition) is 6. The molecule has 0 heterocycles. The summed E-state index contributed by atoms with van der Waals surface area (Å²) >= 11 is 5.89. The number of anilines is 1. The van der Waals surface area contributed by atoms with Gasteiger partial charge in [-0.1, -0.05) is 49.7 Å². The largest absolute Gasteiger partial charge is 0.451 e. The van der Waals surface area contributed by atoms with Gasteiger partial charge in [0.1, 0.15) is 6.04 Å². The molecule has 0 radical (unpaired) electrons. The Labute approximate surface area is 199 Å². The van der Waals surface area contributed by atoms with Crippen LogP contribution in [0.1, 0.15) is 27.2 Å². The molecular weight excluding hydrogens is 466 g/mol. The number of ether oxygens (including phenoxy) is 1. The third kappa shape index (κ3) is 7.29. The van der Waals surface area contributed by atoms with Crippen LogP contribution in [0.2, 0.25) is 5.02 Å². The molecule has 33 heavy (non-hydrogen) atoms. The van der Waals surface area contributed by atoms with E-state index in [4.69, 9.17) is 21.6 Å². The van der Waals surface area contributed by atoms with E-state index in [9.17, 15) is 18.0 Å². The number of amides is 1. The number of carbonyl (C=O) groups excluding carboxylic acids is 2. The first-order valence-electron chi connectivity index (χ1n) is 10.3. The van der Waals surface area contributed by atoms with Gasteiger partial charge in [-0.2, -0.15) is 9.98 Å². The molecule has 0 aliphatic carbocycles. The van der Waals surface area contributed by atoms with E-state index in [0.29, 0.717) is 5.69 Å². The van der Waals surface area contributed by atoms with E-state index in [-0.39, 0.29) is 22.9 Å². The van der Waals surface area contributed by atoms with Gasteiger partial charge >= 0.3 is 5.97 Å². The fraction of sp³-hybridized carbons (Fsp3) is 0.348. The summed E-state index contributed by atoms with van der Waals surface area (Å²) in [7, 11) is -4.07. The Hall–Kier alpha value is -2.93. The van der Waals surface area contributed by atoms with Crippen molar-refractivity contribution in [3.05, 3.63) is 59.6 Å². The van der Waals surface area contributed by atoms with Crippen LogP contribution in [0.4, 0.5) is 5.69 Å². The van der Waals surface area contributed by atoms with Crippen LogP contribution in [-0.4, -0.2) is 39.0 Å². The quantitative estimate of drug-likeness (QED) is 0.508. The van der Waals surface area contributed by atoms with Crippen molar-refractivity contribution in [1.82, 2.24) is 4.72 Å². The highest BCUT2D eigenvalue weighted by Crippen LogP contribution is 2.19. The molecule has 1 N–H and O–H groups in total. The first-order chi connectivity index (χ1) is 15.6. The highest BCUT2D eigenvalue weighted by Gasteiger charge is 2.33. The SMILES string of the molecule is CC(OC(=O)C(NS(=O)(=O)c1cccc(Cl)c1)C(C)C)C(=O)N(CCC#N)c1ccccc1.